The van der Waals surface area contributed by atoms with E-state index < -0.39 is 17.5 Å². The van der Waals surface area contributed by atoms with E-state index in [-0.39, 0.29) is 41.4 Å². The maximum atomic E-state index is 14.2. The molecule has 0 saturated carbocycles. The van der Waals surface area contributed by atoms with Gasteiger partial charge in [0.15, 0.2) is 11.6 Å². The lowest BCUT2D eigenvalue weighted by molar-refractivity contribution is 0.305. The molecule has 0 fully saturated rings. The number of pyridine rings is 1. The first-order valence-electron chi connectivity index (χ1n) is 8.01. The van der Waals surface area contributed by atoms with Crippen molar-refractivity contribution >= 4 is 30.4 Å². The van der Waals surface area contributed by atoms with Gasteiger partial charge in [0.2, 0.25) is 0 Å². The van der Waals surface area contributed by atoms with Crippen molar-refractivity contribution in [2.45, 2.75) is 19.8 Å². The first-order chi connectivity index (χ1) is 11.6. The highest BCUT2D eigenvalue weighted by Crippen LogP contribution is 2.29. The van der Waals surface area contributed by atoms with Gasteiger partial charge < -0.3 is 5.48 Å². The normalized spacial score (nSPS) is 13.7. The first-order valence-corrected chi connectivity index (χ1v) is 8.01. The van der Waals surface area contributed by atoms with Crippen LogP contribution in [0.2, 0.25) is 0 Å². The van der Waals surface area contributed by atoms with Gasteiger partial charge in [0, 0.05) is 43.2 Å². The van der Waals surface area contributed by atoms with Gasteiger partial charge in [-0.2, -0.15) is 0 Å². The molecule has 2 N–H and O–H groups in total. The van der Waals surface area contributed by atoms with E-state index in [1.54, 1.807) is 6.20 Å². The molecule has 8 heteroatoms. The maximum absolute atomic E-state index is 14.2. The smallest absolute Gasteiger partial charge is 0.164 e. The van der Waals surface area contributed by atoms with E-state index in [9.17, 15) is 13.2 Å². The van der Waals surface area contributed by atoms with Gasteiger partial charge in [0.05, 0.1) is 0 Å². The van der Waals surface area contributed by atoms with E-state index in [1.807, 2.05) is 24.4 Å². The molecule has 0 bridgehead atoms. The molecule has 0 unspecified atom stereocenters. The highest BCUT2D eigenvalue weighted by Gasteiger charge is 2.20. The van der Waals surface area contributed by atoms with Crippen LogP contribution in [0.3, 0.4) is 0 Å². The lowest BCUT2D eigenvalue weighted by Crippen LogP contribution is -2.30. The summed E-state index contributed by atoms with van der Waals surface area (Å²) in [7, 11) is 0. The van der Waals surface area contributed by atoms with Crippen LogP contribution < -0.4 is 0 Å². The Morgan fingerprint density at radius 3 is 2.48 bits per heavy atom. The fourth-order valence-corrected chi connectivity index (χ4v) is 2.96. The summed E-state index contributed by atoms with van der Waals surface area (Å²) >= 11 is 0. The lowest BCUT2D eigenvalue weighted by Gasteiger charge is -2.26. The summed E-state index contributed by atoms with van der Waals surface area (Å²) in [5.41, 5.74) is 1.84. The van der Waals surface area contributed by atoms with Gasteiger partial charge in [-0.05, 0) is 43.0 Å². The Balaban J connectivity index is 0.00000225. The van der Waals surface area contributed by atoms with Gasteiger partial charge in [-0.3, -0.25) is 9.88 Å². The van der Waals surface area contributed by atoms with E-state index >= 15 is 0 Å². The third kappa shape index (κ3) is 5.94. The molecule has 27 heavy (non-hydrogen) atoms. The molecule has 0 saturated heterocycles. The van der Waals surface area contributed by atoms with E-state index in [4.69, 9.17) is 0 Å². The molecular formula is C19H23Cl2F3N2O. The number of nitrogens with zero attached hydrogens (tertiary/aromatic N) is 2. The zero-order chi connectivity index (χ0) is 17.1. The molecule has 1 aliphatic rings. The van der Waals surface area contributed by atoms with Crippen LogP contribution in [-0.4, -0.2) is 35.0 Å². The molecule has 0 aliphatic carbocycles. The predicted molar refractivity (Wildman–Crippen MR) is 106 cm³/mol. The standard InChI is InChI=1S/C19H19F3N2.2ClH.H2O/c1-13-18(21)16(11-17(20)19(13)22)15-5-9-24(10-6-15)8-4-14-3-2-7-23-12-14;;;/h2-3,5,7,11-12H,4,6,8-10H2,1H3;2*1H;1H2. The predicted octanol–water partition coefficient (Wildman–Crippen LogP) is 4.16. The summed E-state index contributed by atoms with van der Waals surface area (Å²) in [4.78, 5) is 6.35. The molecular weight excluding hydrogens is 400 g/mol. The SMILES string of the molecule is Cc1c(F)c(F)cc(C2=CCN(CCc3cccnc3)CC2)c1F.Cl.Cl.O. The molecule has 1 aromatic carbocycles. The van der Waals surface area contributed by atoms with Crippen molar-refractivity contribution in [2.24, 2.45) is 0 Å². The average Bonchev–Trinajstić information content (AvgIpc) is 2.62. The van der Waals surface area contributed by atoms with Gasteiger partial charge >= 0.3 is 0 Å². The van der Waals surface area contributed by atoms with Crippen LogP contribution in [-0.2, 0) is 6.42 Å². The molecule has 2 aromatic rings. The maximum Gasteiger partial charge on any atom is 0.164 e. The molecule has 0 spiro atoms. The Morgan fingerprint density at radius 1 is 1.15 bits per heavy atom. The minimum Gasteiger partial charge on any atom is -0.412 e. The topological polar surface area (TPSA) is 47.6 Å². The van der Waals surface area contributed by atoms with Crippen molar-refractivity contribution in [2.75, 3.05) is 19.6 Å². The molecule has 0 amide bonds. The largest absolute Gasteiger partial charge is 0.412 e. The molecule has 1 aliphatic heterocycles. The van der Waals surface area contributed by atoms with Gasteiger partial charge in [-0.25, -0.2) is 13.2 Å². The Bertz CT molecular complexity index is 773. The van der Waals surface area contributed by atoms with Crippen LogP contribution >= 0.6 is 24.8 Å². The van der Waals surface area contributed by atoms with Gasteiger partial charge in [0.1, 0.15) is 5.82 Å². The number of benzene rings is 1. The van der Waals surface area contributed by atoms with Gasteiger partial charge in [0.25, 0.3) is 0 Å². The third-order valence-electron chi connectivity index (χ3n) is 4.45. The Kier molecular flexibility index (Phi) is 10.6. The second-order valence-electron chi connectivity index (χ2n) is 6.05. The summed E-state index contributed by atoms with van der Waals surface area (Å²) in [6, 6.07) is 4.92. The molecule has 1 aromatic heterocycles. The van der Waals surface area contributed by atoms with Crippen molar-refractivity contribution in [1.82, 2.24) is 9.88 Å². The highest BCUT2D eigenvalue weighted by atomic mass is 35.5. The second-order valence-corrected chi connectivity index (χ2v) is 6.05. The summed E-state index contributed by atoms with van der Waals surface area (Å²) in [5.74, 6) is -2.77. The van der Waals surface area contributed by atoms with Gasteiger partial charge in [-0.1, -0.05) is 12.1 Å². The van der Waals surface area contributed by atoms with Crippen molar-refractivity contribution < 1.29 is 18.6 Å². The summed E-state index contributed by atoms with van der Waals surface area (Å²) in [5, 5.41) is 0. The van der Waals surface area contributed by atoms with Crippen molar-refractivity contribution in [1.29, 1.82) is 0 Å². The van der Waals surface area contributed by atoms with Crippen molar-refractivity contribution in [3.8, 4) is 0 Å². The van der Waals surface area contributed by atoms with E-state index in [0.29, 0.717) is 13.0 Å². The zero-order valence-electron chi connectivity index (χ0n) is 14.8. The average molecular weight is 423 g/mol. The van der Waals surface area contributed by atoms with Crippen LogP contribution in [0.15, 0.2) is 36.7 Å². The fourth-order valence-electron chi connectivity index (χ4n) is 2.96. The molecule has 150 valence electrons. The molecule has 2 heterocycles. The van der Waals surface area contributed by atoms with Crippen molar-refractivity contribution in [3.05, 3.63) is 70.8 Å². The Morgan fingerprint density at radius 2 is 1.89 bits per heavy atom. The Hall–Kier alpha value is -1.60. The van der Waals surface area contributed by atoms with Crippen LogP contribution in [0.25, 0.3) is 5.57 Å². The second kappa shape index (κ2) is 11.3. The first kappa shape index (κ1) is 25.4. The zero-order valence-corrected chi connectivity index (χ0v) is 16.5. The van der Waals surface area contributed by atoms with Crippen LogP contribution in [0.4, 0.5) is 13.2 Å². The van der Waals surface area contributed by atoms with E-state index in [2.05, 4.69) is 9.88 Å². The molecule has 0 radical (unpaired) electrons. The summed E-state index contributed by atoms with van der Waals surface area (Å²) < 4.78 is 41.2. The van der Waals surface area contributed by atoms with Crippen molar-refractivity contribution in [3.63, 3.8) is 0 Å². The number of hydrogen-bond acceptors (Lipinski definition) is 2. The van der Waals surface area contributed by atoms with Crippen LogP contribution in [0, 0.1) is 24.4 Å². The van der Waals surface area contributed by atoms with Gasteiger partial charge in [-0.15, -0.1) is 24.8 Å². The summed E-state index contributed by atoms with van der Waals surface area (Å²) in [6.45, 7) is 3.59. The number of rotatable bonds is 4. The minimum atomic E-state index is -1.11. The number of hydrogen-bond donors (Lipinski definition) is 0. The fraction of sp³-hybridized carbons (Fsp3) is 0.316. The Labute approximate surface area is 169 Å². The monoisotopic (exact) mass is 422 g/mol. The number of aromatic nitrogens is 1. The quantitative estimate of drug-likeness (QED) is 0.694. The van der Waals surface area contributed by atoms with Crippen LogP contribution in [0.5, 0.6) is 0 Å². The summed E-state index contributed by atoms with van der Waals surface area (Å²) in [6.07, 6.45) is 7.02. The van der Waals surface area contributed by atoms with E-state index in [1.165, 1.54) is 12.5 Å². The molecule has 3 nitrogen and oxygen atoms in total. The molecule has 3 rings (SSSR count). The lowest BCUT2D eigenvalue weighted by atomic mass is 9.96. The highest BCUT2D eigenvalue weighted by molar-refractivity contribution is 5.85. The van der Waals surface area contributed by atoms with Crippen LogP contribution in [0.1, 0.15) is 23.1 Å². The third-order valence-corrected chi connectivity index (χ3v) is 4.45. The van der Waals surface area contributed by atoms with E-state index in [0.717, 1.165) is 31.1 Å². The minimum absolute atomic E-state index is 0. The molecule has 0 atom stereocenters. The number of halogens is 5.